The summed E-state index contributed by atoms with van der Waals surface area (Å²) >= 11 is 0. The number of likely N-dealkylation sites (tertiary alicyclic amines) is 1. The molecule has 140 valence electrons. The number of carbonyl (C=O) groups excluding carboxylic acids is 1. The number of furan rings is 1. The van der Waals surface area contributed by atoms with Crippen LogP contribution in [0.15, 0.2) is 27.8 Å². The lowest BCUT2D eigenvalue weighted by Crippen LogP contribution is -2.40. The van der Waals surface area contributed by atoms with E-state index in [9.17, 15) is 4.79 Å². The first kappa shape index (κ1) is 18.0. The van der Waals surface area contributed by atoms with Crippen LogP contribution in [0.1, 0.15) is 19.7 Å². The van der Waals surface area contributed by atoms with Gasteiger partial charge in [-0.25, -0.2) is 9.98 Å². The normalized spacial score (nSPS) is 20.4. The lowest BCUT2D eigenvalue weighted by atomic mass is 9.99. The predicted octanol–water partition coefficient (Wildman–Crippen LogP) is 1.27. The summed E-state index contributed by atoms with van der Waals surface area (Å²) < 4.78 is 10.2. The summed E-state index contributed by atoms with van der Waals surface area (Å²) in [5.74, 6) is 2.41. The minimum Gasteiger partial charge on any atom is -0.469 e. The quantitative estimate of drug-likeness (QED) is 0.469. The summed E-state index contributed by atoms with van der Waals surface area (Å²) in [4.78, 5) is 23.0. The third-order valence-electron chi connectivity index (χ3n) is 4.40. The van der Waals surface area contributed by atoms with Crippen LogP contribution in [0.3, 0.4) is 0 Å². The van der Waals surface area contributed by atoms with Gasteiger partial charge in [0.2, 0.25) is 5.82 Å². The van der Waals surface area contributed by atoms with Crippen molar-refractivity contribution in [1.29, 1.82) is 0 Å². The van der Waals surface area contributed by atoms with E-state index in [4.69, 9.17) is 9.15 Å². The van der Waals surface area contributed by atoms with Gasteiger partial charge in [-0.3, -0.25) is 9.89 Å². The van der Waals surface area contributed by atoms with Gasteiger partial charge in [0, 0.05) is 19.6 Å². The molecule has 1 fully saturated rings. The zero-order chi connectivity index (χ0) is 18.5. The Hall–Kier alpha value is -2.84. The monoisotopic (exact) mass is 360 g/mol. The van der Waals surface area contributed by atoms with Gasteiger partial charge >= 0.3 is 5.97 Å². The summed E-state index contributed by atoms with van der Waals surface area (Å²) in [7, 11) is 1.43. The first-order chi connectivity index (χ1) is 12.6. The van der Waals surface area contributed by atoms with Crippen molar-refractivity contribution >= 4 is 11.9 Å². The number of ether oxygens (including phenoxy) is 1. The second-order valence-electron chi connectivity index (χ2n) is 6.27. The fourth-order valence-electron chi connectivity index (χ4n) is 3.06. The van der Waals surface area contributed by atoms with Gasteiger partial charge < -0.3 is 19.4 Å². The van der Waals surface area contributed by atoms with E-state index in [2.05, 4.69) is 37.3 Å². The molecule has 2 N–H and O–H groups in total. The van der Waals surface area contributed by atoms with Gasteiger partial charge in [0.05, 0.1) is 19.3 Å². The highest BCUT2D eigenvalue weighted by atomic mass is 16.5. The largest absolute Gasteiger partial charge is 0.469 e. The summed E-state index contributed by atoms with van der Waals surface area (Å²) in [5, 5.41) is 10.3. The van der Waals surface area contributed by atoms with Gasteiger partial charge in [-0.1, -0.05) is 6.92 Å². The van der Waals surface area contributed by atoms with Crippen LogP contribution in [0, 0.1) is 11.8 Å². The zero-order valence-corrected chi connectivity index (χ0v) is 15.2. The highest BCUT2D eigenvalue weighted by Crippen LogP contribution is 2.24. The van der Waals surface area contributed by atoms with Gasteiger partial charge in [-0.2, -0.15) is 0 Å². The van der Waals surface area contributed by atoms with Gasteiger partial charge in [-0.15, -0.1) is 5.10 Å². The highest BCUT2D eigenvalue weighted by molar-refractivity contribution is 5.82. The number of aromatic nitrogens is 3. The van der Waals surface area contributed by atoms with Gasteiger partial charge in [-0.05, 0) is 25.0 Å². The number of nitrogens with zero attached hydrogens (tertiary/aromatic N) is 4. The molecule has 0 aromatic carbocycles. The molecule has 0 bridgehead atoms. The minimum atomic E-state index is -0.172. The third-order valence-corrected chi connectivity index (χ3v) is 4.40. The highest BCUT2D eigenvalue weighted by Gasteiger charge is 2.36. The number of esters is 1. The molecule has 0 aliphatic carbocycles. The fraction of sp³-hybridized carbons (Fsp3) is 0.529. The first-order valence-electron chi connectivity index (χ1n) is 8.68. The standard InChI is InChI=1S/C17H24N6O3/c1-4-18-17(23-9-11(2)12(10-23)16(24)25-3)19-8-14-20-15(22-21-14)13-6-5-7-26-13/h5-7,11-12H,4,8-10H2,1-3H3,(H,18,19)(H,20,21,22). The number of rotatable bonds is 5. The van der Waals surface area contributed by atoms with Crippen LogP contribution >= 0.6 is 0 Å². The average molecular weight is 360 g/mol. The first-order valence-corrected chi connectivity index (χ1v) is 8.68. The average Bonchev–Trinajstić information content (AvgIpc) is 3.38. The molecule has 9 heteroatoms. The summed E-state index contributed by atoms with van der Waals surface area (Å²) in [6, 6.07) is 3.60. The SMILES string of the molecule is CCNC(=NCc1nc(-c2ccco2)n[nH]1)N1CC(C)C(C(=O)OC)C1. The van der Waals surface area contributed by atoms with E-state index in [-0.39, 0.29) is 17.8 Å². The lowest BCUT2D eigenvalue weighted by Gasteiger charge is -2.21. The second-order valence-corrected chi connectivity index (χ2v) is 6.27. The Morgan fingerprint density at radius 1 is 1.54 bits per heavy atom. The van der Waals surface area contributed by atoms with E-state index in [1.807, 2.05) is 6.92 Å². The second kappa shape index (κ2) is 8.03. The zero-order valence-electron chi connectivity index (χ0n) is 15.2. The molecule has 3 rings (SSSR count). The Balaban J connectivity index is 1.69. The summed E-state index contributed by atoms with van der Waals surface area (Å²) in [6.45, 7) is 6.49. The molecule has 0 amide bonds. The number of aliphatic imine (C=N–C) groups is 1. The molecule has 1 aliphatic heterocycles. The van der Waals surface area contributed by atoms with E-state index in [0.717, 1.165) is 19.0 Å². The van der Waals surface area contributed by atoms with E-state index in [1.54, 1.807) is 18.4 Å². The number of carbonyl (C=O) groups is 1. The van der Waals surface area contributed by atoms with Gasteiger partial charge in [0.1, 0.15) is 12.4 Å². The number of guanidine groups is 1. The smallest absolute Gasteiger partial charge is 0.310 e. The molecule has 2 atom stereocenters. The number of nitrogens with one attached hydrogen (secondary N) is 2. The molecule has 0 spiro atoms. The Labute approximate surface area is 151 Å². The number of hydrogen-bond acceptors (Lipinski definition) is 6. The number of aromatic amines is 1. The van der Waals surface area contributed by atoms with E-state index >= 15 is 0 Å². The van der Waals surface area contributed by atoms with Crippen molar-refractivity contribution in [3.63, 3.8) is 0 Å². The molecule has 2 aromatic rings. The Morgan fingerprint density at radius 3 is 3.08 bits per heavy atom. The fourth-order valence-corrected chi connectivity index (χ4v) is 3.06. The van der Waals surface area contributed by atoms with Crippen molar-refractivity contribution in [3.05, 3.63) is 24.2 Å². The molecule has 1 aliphatic rings. The molecule has 0 saturated carbocycles. The Bertz CT molecular complexity index is 754. The van der Waals surface area contributed by atoms with Crippen molar-refractivity contribution in [1.82, 2.24) is 25.4 Å². The van der Waals surface area contributed by atoms with Crippen molar-refractivity contribution in [2.24, 2.45) is 16.8 Å². The number of hydrogen-bond donors (Lipinski definition) is 2. The Kier molecular flexibility index (Phi) is 5.55. The van der Waals surface area contributed by atoms with Crippen LogP contribution in [-0.4, -0.2) is 58.8 Å². The molecule has 0 radical (unpaired) electrons. The molecule has 2 aromatic heterocycles. The van der Waals surface area contributed by atoms with Crippen LogP contribution in [0.5, 0.6) is 0 Å². The lowest BCUT2D eigenvalue weighted by molar-refractivity contribution is -0.145. The third kappa shape index (κ3) is 3.87. The topological polar surface area (TPSA) is 109 Å². The van der Waals surface area contributed by atoms with Gasteiger partial charge in [0.25, 0.3) is 0 Å². The van der Waals surface area contributed by atoms with Crippen molar-refractivity contribution in [2.75, 3.05) is 26.7 Å². The van der Waals surface area contributed by atoms with Crippen molar-refractivity contribution in [3.8, 4) is 11.6 Å². The van der Waals surface area contributed by atoms with Crippen LogP contribution in [-0.2, 0) is 16.1 Å². The molecule has 26 heavy (non-hydrogen) atoms. The van der Waals surface area contributed by atoms with Crippen LogP contribution < -0.4 is 5.32 Å². The predicted molar refractivity (Wildman–Crippen MR) is 95.1 cm³/mol. The molecule has 2 unspecified atom stereocenters. The number of H-pyrrole nitrogens is 1. The number of methoxy groups -OCH3 is 1. The van der Waals surface area contributed by atoms with Crippen LogP contribution in [0.2, 0.25) is 0 Å². The molecule has 3 heterocycles. The Morgan fingerprint density at radius 2 is 2.38 bits per heavy atom. The molecule has 1 saturated heterocycles. The van der Waals surface area contributed by atoms with Crippen molar-refractivity contribution in [2.45, 2.75) is 20.4 Å². The maximum Gasteiger partial charge on any atom is 0.310 e. The molecular weight excluding hydrogens is 336 g/mol. The molecule has 9 nitrogen and oxygen atoms in total. The maximum absolute atomic E-state index is 11.9. The van der Waals surface area contributed by atoms with E-state index < -0.39 is 0 Å². The summed E-state index contributed by atoms with van der Waals surface area (Å²) in [6.07, 6.45) is 1.58. The van der Waals surface area contributed by atoms with Gasteiger partial charge in [0.15, 0.2) is 11.7 Å². The van der Waals surface area contributed by atoms with Crippen LogP contribution in [0.4, 0.5) is 0 Å². The molecular formula is C17H24N6O3. The maximum atomic E-state index is 11.9. The minimum absolute atomic E-state index is 0.139. The van der Waals surface area contributed by atoms with Crippen LogP contribution in [0.25, 0.3) is 11.6 Å². The van der Waals surface area contributed by atoms with E-state index in [1.165, 1.54) is 7.11 Å². The van der Waals surface area contributed by atoms with Crippen molar-refractivity contribution < 1.29 is 13.9 Å². The summed E-state index contributed by atoms with van der Waals surface area (Å²) in [5.41, 5.74) is 0. The van der Waals surface area contributed by atoms with E-state index in [0.29, 0.717) is 30.5 Å².